The first-order valence-electron chi connectivity index (χ1n) is 37.8. The molecule has 1 atom stereocenters. The van der Waals surface area contributed by atoms with Gasteiger partial charge in [-0.15, -0.1) is 0 Å². The molecule has 15 rings (SSSR count). The van der Waals surface area contributed by atoms with E-state index in [1.54, 1.807) is 0 Å². The Morgan fingerprint density at radius 1 is 0.472 bits per heavy atom. The van der Waals surface area contributed by atoms with Gasteiger partial charge in [-0.1, -0.05) is 93.1 Å². The van der Waals surface area contributed by atoms with E-state index in [0.717, 1.165) is 258 Å². The molecule has 6 aromatic carbocycles. The molecule has 546 valence electrons. The Morgan fingerprint density at radius 2 is 0.934 bits per heavy atom. The Morgan fingerprint density at radius 3 is 1.40 bits per heavy atom. The first kappa shape index (κ1) is 73.8. The molecule has 3 amide bonds. The fourth-order valence-electron chi connectivity index (χ4n) is 14.1. The monoisotopic (exact) mass is 1420 g/mol. The van der Waals surface area contributed by atoms with Crippen LogP contribution in [-0.4, -0.2) is 164 Å². The van der Waals surface area contributed by atoms with Crippen LogP contribution in [0.3, 0.4) is 0 Å². The molecule has 20 nitrogen and oxygen atoms in total. The number of unbranched alkanes of at least 4 members (excludes halogenated alkanes) is 1. The van der Waals surface area contributed by atoms with Crippen molar-refractivity contribution in [3.8, 4) is 0 Å². The number of amides is 3. The smallest absolute Gasteiger partial charge is 0.255 e. The molecular formula is C86H99N17O3. The van der Waals surface area contributed by atoms with E-state index in [-0.39, 0.29) is 17.7 Å². The molecule has 0 radical (unpaired) electrons. The largest absolute Gasteiger partial charge is 0.370 e. The highest BCUT2D eigenvalue weighted by molar-refractivity contribution is 6.13. The van der Waals surface area contributed by atoms with Crippen molar-refractivity contribution in [2.45, 2.75) is 90.6 Å². The maximum absolute atomic E-state index is 13.1. The lowest BCUT2D eigenvalue weighted by molar-refractivity contribution is 0.101. The number of aryl methyl sites for hydroxylation is 1. The molecule has 9 heterocycles. The summed E-state index contributed by atoms with van der Waals surface area (Å²) in [6, 6.07) is 54.1. The number of nitrogens with one attached hydrogen (secondary N) is 8. The lowest BCUT2D eigenvalue weighted by atomic mass is 9.96. The predicted octanol–water partition coefficient (Wildman–Crippen LogP) is 13.4. The minimum atomic E-state index is -0.121. The summed E-state index contributed by atoms with van der Waals surface area (Å²) in [5.74, 6) is 1.86. The summed E-state index contributed by atoms with van der Waals surface area (Å²) >= 11 is 0. The molecule has 3 fully saturated rings. The van der Waals surface area contributed by atoms with Crippen molar-refractivity contribution in [2.75, 3.05) is 126 Å². The molecule has 3 saturated heterocycles. The van der Waals surface area contributed by atoms with Crippen molar-refractivity contribution < 1.29 is 14.4 Å². The quantitative estimate of drug-likeness (QED) is 0.0249. The number of benzene rings is 6. The van der Waals surface area contributed by atoms with Crippen molar-refractivity contribution >= 4 is 80.6 Å². The molecule has 6 aliphatic rings. The van der Waals surface area contributed by atoms with E-state index in [0.29, 0.717) is 22.6 Å². The summed E-state index contributed by atoms with van der Waals surface area (Å²) in [4.78, 5) is 74.4. The van der Waals surface area contributed by atoms with Crippen molar-refractivity contribution in [2.24, 2.45) is 15.0 Å². The Bertz CT molecular complexity index is 4610. The molecule has 0 bridgehead atoms. The topological polar surface area (TPSA) is 233 Å². The first-order valence-corrected chi connectivity index (χ1v) is 37.8. The SMILES string of the molecule is CCCCc1cc(C2=Nc3c(cccc3NC(=O)c3ccc(CN4CCNCC4)cc3)C2)ccn1.CCCNc1cc(C2=Nc3c(cccc3NC(=O)c3cccc(C4CCNC4)c3)C2)ccn1.CN(C)CCCNc1cc(C2=Nc3c(cccc3NC(=O)c3ccc(CN4CCNCC4)cc3)C2)ccn1. The molecule has 6 aliphatic heterocycles. The maximum atomic E-state index is 13.1. The van der Waals surface area contributed by atoms with Gasteiger partial charge >= 0.3 is 0 Å². The summed E-state index contributed by atoms with van der Waals surface area (Å²) in [6.45, 7) is 19.3. The van der Waals surface area contributed by atoms with Gasteiger partial charge in [0.2, 0.25) is 0 Å². The third-order valence-electron chi connectivity index (χ3n) is 20.0. The highest BCUT2D eigenvalue weighted by atomic mass is 16.2. The van der Waals surface area contributed by atoms with E-state index in [4.69, 9.17) is 15.0 Å². The van der Waals surface area contributed by atoms with Gasteiger partial charge in [0.15, 0.2) is 0 Å². The van der Waals surface area contributed by atoms with Crippen LogP contribution in [0, 0.1) is 0 Å². The van der Waals surface area contributed by atoms with Crippen molar-refractivity contribution in [3.05, 3.63) is 255 Å². The van der Waals surface area contributed by atoms with Gasteiger partial charge < -0.3 is 47.4 Å². The minimum absolute atomic E-state index is 0.102. The van der Waals surface area contributed by atoms with Gasteiger partial charge in [-0.25, -0.2) is 24.9 Å². The maximum Gasteiger partial charge on any atom is 0.255 e. The van der Waals surface area contributed by atoms with E-state index in [1.165, 1.54) is 16.7 Å². The number of aromatic nitrogens is 3. The zero-order chi connectivity index (χ0) is 73.0. The minimum Gasteiger partial charge on any atom is -0.370 e. The van der Waals surface area contributed by atoms with E-state index in [2.05, 4.69) is 161 Å². The van der Waals surface area contributed by atoms with Gasteiger partial charge in [0.25, 0.3) is 17.7 Å². The van der Waals surface area contributed by atoms with Crippen LogP contribution in [0.1, 0.15) is 139 Å². The van der Waals surface area contributed by atoms with Crippen LogP contribution in [0.25, 0.3) is 0 Å². The van der Waals surface area contributed by atoms with E-state index < -0.39 is 0 Å². The average molecular weight is 1420 g/mol. The average Bonchev–Trinajstić information content (AvgIpc) is 1.66. The summed E-state index contributed by atoms with van der Waals surface area (Å²) < 4.78 is 0. The second-order valence-corrected chi connectivity index (χ2v) is 28.3. The fourth-order valence-corrected chi connectivity index (χ4v) is 14.1. The fraction of sp³-hybridized carbons (Fsp3) is 0.337. The number of para-hydroxylation sites is 3. The normalized spacial score (nSPS) is 15.9. The number of aliphatic imine (C=N–C) groups is 3. The van der Waals surface area contributed by atoms with E-state index in [1.807, 2.05) is 122 Å². The van der Waals surface area contributed by atoms with E-state index in [9.17, 15) is 14.4 Å². The summed E-state index contributed by atoms with van der Waals surface area (Å²) in [5, 5.41) is 26.2. The van der Waals surface area contributed by atoms with Crippen LogP contribution in [0.5, 0.6) is 0 Å². The highest BCUT2D eigenvalue weighted by Crippen LogP contribution is 2.40. The third-order valence-corrected chi connectivity index (χ3v) is 20.0. The van der Waals surface area contributed by atoms with Gasteiger partial charge in [0.05, 0.1) is 51.3 Å². The molecule has 0 spiro atoms. The Kier molecular flexibility index (Phi) is 25.4. The Hall–Kier alpha value is -10.5. The lowest BCUT2D eigenvalue weighted by Gasteiger charge is -2.27. The summed E-state index contributed by atoms with van der Waals surface area (Å²) in [7, 11) is 4.16. The van der Waals surface area contributed by atoms with Gasteiger partial charge in [-0.2, -0.15) is 0 Å². The van der Waals surface area contributed by atoms with Gasteiger partial charge in [0.1, 0.15) is 11.6 Å². The summed E-state index contributed by atoms with van der Waals surface area (Å²) in [5.41, 5.74) is 21.1. The van der Waals surface area contributed by atoms with Crippen LogP contribution in [0.4, 0.5) is 45.8 Å². The van der Waals surface area contributed by atoms with Gasteiger partial charge in [-0.05, 0) is 195 Å². The number of nitrogens with zero attached hydrogens (tertiary/aromatic N) is 9. The molecule has 9 aromatic rings. The summed E-state index contributed by atoms with van der Waals surface area (Å²) in [6.07, 6.45) is 14.2. The second-order valence-electron chi connectivity index (χ2n) is 28.3. The van der Waals surface area contributed by atoms with Crippen LogP contribution in [0.15, 0.2) is 197 Å². The number of carbonyl (C=O) groups is 3. The molecule has 8 N–H and O–H groups in total. The number of pyridine rings is 3. The van der Waals surface area contributed by atoms with Gasteiger partial charge in [0, 0.05) is 156 Å². The first-order chi connectivity index (χ1) is 51.9. The molecule has 3 aromatic heterocycles. The van der Waals surface area contributed by atoms with Crippen LogP contribution in [0.2, 0.25) is 0 Å². The number of rotatable bonds is 25. The zero-order valence-corrected chi connectivity index (χ0v) is 61.6. The number of carbonyl (C=O) groups excluding carboxylic acids is 3. The standard InChI is InChI=1S/C30H37N7O.C29H33N5O.C27H29N5O/c1-36(2)16-4-12-32-28-20-24(11-13-33-28)27-19-25-5-3-6-26(29(25)34-27)35-30(38)23-9-7-22(8-10-23)21-37-17-14-31-15-18-37;1-2-3-6-25-18-23(12-13-31-25)27-19-24-5-4-7-26(28(24)32-27)33-29(35)22-10-8-21(9-11-22)20-34-16-14-30-15-17-34;1-2-11-29-25-16-19(10-13-30-25)24-15-20-6-4-8-23(26(20)31-24)32-27(33)21-7-3-5-18(14-21)22-9-12-28-17-22/h3,5-11,13,20,31H,4,12,14-19,21H2,1-2H3,(H,32,33)(H,35,38);4-5,7-13,18,30H,2-3,6,14-17,19-20H2,1H3,(H,33,35);3-8,10,13-14,16,22,28H,2,9,11-12,15,17H2,1H3,(H,29,30)(H,32,33). The number of hydrogen-bond donors (Lipinski definition) is 8. The zero-order valence-electron chi connectivity index (χ0n) is 61.6. The van der Waals surface area contributed by atoms with Crippen LogP contribution >= 0.6 is 0 Å². The molecule has 0 aliphatic carbocycles. The van der Waals surface area contributed by atoms with Crippen molar-refractivity contribution in [1.82, 2.24) is 45.6 Å². The molecule has 0 saturated carbocycles. The second kappa shape index (κ2) is 36.5. The van der Waals surface area contributed by atoms with Crippen LogP contribution < -0.4 is 42.5 Å². The number of hydrogen-bond acceptors (Lipinski definition) is 17. The number of piperazine rings is 2. The van der Waals surface area contributed by atoms with Crippen molar-refractivity contribution in [3.63, 3.8) is 0 Å². The van der Waals surface area contributed by atoms with Crippen molar-refractivity contribution in [1.29, 1.82) is 0 Å². The van der Waals surface area contributed by atoms with E-state index >= 15 is 0 Å². The third kappa shape index (κ3) is 19.7. The Balaban J connectivity index is 0.000000141. The molecule has 1 unspecified atom stereocenters. The predicted molar refractivity (Wildman–Crippen MR) is 431 cm³/mol. The number of anilines is 5. The lowest BCUT2D eigenvalue weighted by Crippen LogP contribution is -2.42. The highest BCUT2D eigenvalue weighted by Gasteiger charge is 2.26. The van der Waals surface area contributed by atoms with Crippen LogP contribution in [-0.2, 0) is 38.8 Å². The molecular weight excluding hydrogens is 1320 g/mol. The molecule has 20 heteroatoms. The number of fused-ring (bicyclic) bond motifs is 3. The Labute approximate surface area is 623 Å². The van der Waals surface area contributed by atoms with Gasteiger partial charge in [-0.3, -0.25) is 29.2 Å². The molecule has 106 heavy (non-hydrogen) atoms.